The Morgan fingerprint density at radius 2 is 0.830 bits per heavy atom. The van der Waals surface area contributed by atoms with E-state index in [0.29, 0.717) is 6.42 Å². The molecule has 0 bridgehead atoms. The first-order valence-electron chi connectivity index (χ1n) is 19.7. The summed E-state index contributed by atoms with van der Waals surface area (Å²) in [6.07, 6.45) is 34.3. The van der Waals surface area contributed by atoms with Crippen LogP contribution in [0.15, 0.2) is 0 Å². The van der Waals surface area contributed by atoms with Crippen molar-refractivity contribution < 1.29 is 37.6 Å². The second-order valence-electron chi connectivity index (χ2n) is 13.4. The average molecular weight is 691 g/mol. The molecule has 0 heterocycles. The van der Waals surface area contributed by atoms with Gasteiger partial charge < -0.3 is 14.4 Å². The minimum atomic E-state index is -4.25. The van der Waals surface area contributed by atoms with Gasteiger partial charge in [0.25, 0.3) is 0 Å². The number of ether oxygens (including phenoxy) is 2. The largest absolute Gasteiger partial charge is 0.472 e. The van der Waals surface area contributed by atoms with E-state index in [2.05, 4.69) is 18.4 Å². The first kappa shape index (κ1) is 46.0. The highest BCUT2D eigenvalue weighted by Crippen LogP contribution is 2.42. The molecule has 47 heavy (non-hydrogen) atoms. The molecule has 2 atom stereocenters. The van der Waals surface area contributed by atoms with E-state index < -0.39 is 26.5 Å². The molecule has 9 heteroatoms. The van der Waals surface area contributed by atoms with Gasteiger partial charge >= 0.3 is 19.8 Å². The van der Waals surface area contributed by atoms with Gasteiger partial charge in [-0.2, -0.15) is 0 Å². The minimum Gasteiger partial charge on any atom is -0.462 e. The van der Waals surface area contributed by atoms with Gasteiger partial charge in [0.05, 0.1) is 6.61 Å². The van der Waals surface area contributed by atoms with Gasteiger partial charge in [-0.1, -0.05) is 181 Å². The van der Waals surface area contributed by atoms with E-state index in [1.807, 2.05) is 0 Å². The summed E-state index contributed by atoms with van der Waals surface area (Å²) in [5.41, 5.74) is 0. The molecular weight excluding hydrogens is 615 g/mol. The van der Waals surface area contributed by atoms with Crippen LogP contribution < -0.4 is 0 Å². The van der Waals surface area contributed by atoms with E-state index in [1.165, 1.54) is 141 Å². The van der Waals surface area contributed by atoms with Crippen molar-refractivity contribution in [1.82, 2.24) is 0 Å². The van der Waals surface area contributed by atoms with Crippen molar-refractivity contribution in [2.75, 3.05) is 20.3 Å². The van der Waals surface area contributed by atoms with Crippen molar-refractivity contribution in [2.24, 2.45) is 0 Å². The lowest BCUT2D eigenvalue weighted by Crippen LogP contribution is -2.29. The Bertz CT molecular complexity index is 747. The summed E-state index contributed by atoms with van der Waals surface area (Å²) in [5.74, 6) is -0.790. The van der Waals surface area contributed by atoms with E-state index in [4.69, 9.17) is 14.0 Å². The number of hydrogen-bond donors (Lipinski definition) is 1. The zero-order valence-corrected chi connectivity index (χ0v) is 31.9. The summed E-state index contributed by atoms with van der Waals surface area (Å²) >= 11 is 0. The molecule has 0 aromatic heterocycles. The van der Waals surface area contributed by atoms with Gasteiger partial charge in [-0.05, 0) is 12.8 Å². The number of esters is 2. The van der Waals surface area contributed by atoms with E-state index >= 15 is 0 Å². The van der Waals surface area contributed by atoms with Gasteiger partial charge in [0.2, 0.25) is 0 Å². The number of unbranched alkanes of at least 4 members (excludes halogenated alkanes) is 26. The summed E-state index contributed by atoms with van der Waals surface area (Å²) in [6, 6.07) is 0. The fourth-order valence-electron chi connectivity index (χ4n) is 5.78. The Morgan fingerprint density at radius 3 is 1.17 bits per heavy atom. The van der Waals surface area contributed by atoms with Crippen LogP contribution in [0, 0.1) is 0 Å². The fraction of sp³-hybridized carbons (Fsp3) is 0.947. The fourth-order valence-corrected chi connectivity index (χ4v) is 6.24. The molecule has 0 radical (unpaired) electrons. The third kappa shape index (κ3) is 34.7. The zero-order chi connectivity index (χ0) is 34.7. The summed E-state index contributed by atoms with van der Waals surface area (Å²) in [6.45, 7) is 3.90. The van der Waals surface area contributed by atoms with E-state index in [-0.39, 0.29) is 19.0 Å². The summed E-state index contributed by atoms with van der Waals surface area (Å²) in [7, 11) is -3.18. The van der Waals surface area contributed by atoms with Crippen LogP contribution >= 0.6 is 7.82 Å². The lowest BCUT2D eigenvalue weighted by molar-refractivity contribution is -0.161. The Kier molecular flexibility index (Phi) is 34.2. The Labute approximate surface area is 289 Å². The Morgan fingerprint density at radius 1 is 0.511 bits per heavy atom. The highest BCUT2D eigenvalue weighted by molar-refractivity contribution is 7.47. The van der Waals surface area contributed by atoms with Crippen LogP contribution in [-0.2, 0) is 32.7 Å². The van der Waals surface area contributed by atoms with Crippen LogP contribution in [0.3, 0.4) is 0 Å². The van der Waals surface area contributed by atoms with Crippen molar-refractivity contribution in [3.63, 3.8) is 0 Å². The lowest BCUT2D eigenvalue weighted by atomic mass is 10.0. The van der Waals surface area contributed by atoms with Gasteiger partial charge in [-0.3, -0.25) is 18.6 Å². The second kappa shape index (κ2) is 34.9. The number of phosphoric ester groups is 1. The van der Waals surface area contributed by atoms with Crippen LogP contribution in [0.1, 0.15) is 206 Å². The predicted molar refractivity (Wildman–Crippen MR) is 193 cm³/mol. The zero-order valence-electron chi connectivity index (χ0n) is 31.0. The maximum Gasteiger partial charge on any atom is 0.472 e. The highest BCUT2D eigenvalue weighted by atomic mass is 31.2. The molecule has 0 amide bonds. The molecule has 0 saturated carbocycles. The number of phosphoric acid groups is 1. The molecule has 0 aliphatic heterocycles. The Balaban J connectivity index is 4.00. The van der Waals surface area contributed by atoms with Crippen molar-refractivity contribution in [3.8, 4) is 0 Å². The van der Waals surface area contributed by atoms with Crippen LogP contribution in [0.25, 0.3) is 0 Å². The first-order valence-corrected chi connectivity index (χ1v) is 21.2. The average Bonchev–Trinajstić information content (AvgIpc) is 3.06. The van der Waals surface area contributed by atoms with Gasteiger partial charge in [0.15, 0.2) is 6.10 Å². The second-order valence-corrected chi connectivity index (χ2v) is 15.0. The molecule has 8 nitrogen and oxygen atoms in total. The van der Waals surface area contributed by atoms with E-state index in [9.17, 15) is 19.0 Å². The molecule has 1 N–H and O–H groups in total. The molecule has 0 aromatic carbocycles. The summed E-state index contributed by atoms with van der Waals surface area (Å²) in [4.78, 5) is 34.3. The summed E-state index contributed by atoms with van der Waals surface area (Å²) < 4.78 is 31.9. The SMILES string of the molecule is CCCCCCCCCCCCCCCCCC(=O)OC(COC(=O)CCCCCCCCCCCCCCC)COP(=O)(O)OC. The minimum absolute atomic E-state index is 0.217. The maximum atomic E-state index is 12.5. The predicted octanol–water partition coefficient (Wildman–Crippen LogP) is 11.9. The standard InChI is InChI=1S/C38H75O8P/c1-4-6-8-10-12-14-16-18-19-21-23-25-27-29-31-33-38(40)46-36(35-45-47(41,42)43-3)34-44-37(39)32-30-28-26-24-22-20-17-15-13-11-9-7-5-2/h36H,4-35H2,1-3H3,(H,41,42). The molecule has 0 aliphatic rings. The van der Waals surface area contributed by atoms with Gasteiger partial charge in [-0.15, -0.1) is 0 Å². The number of carbonyl (C=O) groups excluding carboxylic acids is 2. The van der Waals surface area contributed by atoms with Crippen LogP contribution in [0.4, 0.5) is 0 Å². The van der Waals surface area contributed by atoms with Crippen molar-refractivity contribution >= 4 is 19.8 Å². The number of carbonyl (C=O) groups is 2. The molecule has 0 fully saturated rings. The van der Waals surface area contributed by atoms with Crippen molar-refractivity contribution in [1.29, 1.82) is 0 Å². The van der Waals surface area contributed by atoms with Gasteiger partial charge in [0.1, 0.15) is 6.61 Å². The lowest BCUT2D eigenvalue weighted by Gasteiger charge is -2.19. The molecule has 280 valence electrons. The van der Waals surface area contributed by atoms with Crippen molar-refractivity contribution in [3.05, 3.63) is 0 Å². The quantitative estimate of drug-likeness (QED) is 0.0390. The first-order chi connectivity index (χ1) is 22.8. The van der Waals surface area contributed by atoms with Crippen LogP contribution in [0.5, 0.6) is 0 Å². The highest BCUT2D eigenvalue weighted by Gasteiger charge is 2.24. The third-order valence-corrected chi connectivity index (χ3v) is 9.79. The normalized spacial score (nSPS) is 13.4. The van der Waals surface area contributed by atoms with Gasteiger partial charge in [0, 0.05) is 20.0 Å². The smallest absolute Gasteiger partial charge is 0.462 e. The van der Waals surface area contributed by atoms with Crippen LogP contribution in [-0.4, -0.2) is 43.3 Å². The van der Waals surface area contributed by atoms with Gasteiger partial charge in [-0.25, -0.2) is 4.57 Å². The molecule has 2 unspecified atom stereocenters. The monoisotopic (exact) mass is 691 g/mol. The van der Waals surface area contributed by atoms with E-state index in [0.717, 1.165) is 45.6 Å². The number of hydrogen-bond acceptors (Lipinski definition) is 7. The molecule has 0 aromatic rings. The molecule has 0 spiro atoms. The molecular formula is C38H75O8P. The third-order valence-electron chi connectivity index (χ3n) is 8.85. The molecule has 0 aliphatic carbocycles. The summed E-state index contributed by atoms with van der Waals surface area (Å²) in [5, 5.41) is 0. The Hall–Kier alpha value is -0.950. The van der Waals surface area contributed by atoms with Crippen LogP contribution in [0.2, 0.25) is 0 Å². The molecule has 0 saturated heterocycles. The molecule has 0 rings (SSSR count). The van der Waals surface area contributed by atoms with E-state index in [1.54, 1.807) is 0 Å². The maximum absolute atomic E-state index is 12.5. The van der Waals surface area contributed by atoms with Crippen molar-refractivity contribution in [2.45, 2.75) is 213 Å². The number of rotatable bonds is 37. The topological polar surface area (TPSA) is 108 Å².